The molecule has 0 radical (unpaired) electrons. The minimum atomic E-state index is -0.180. The summed E-state index contributed by atoms with van der Waals surface area (Å²) in [6.07, 6.45) is 3.61. The molecule has 2 heterocycles. The quantitative estimate of drug-likeness (QED) is 0.497. The van der Waals surface area contributed by atoms with Gasteiger partial charge in [0, 0.05) is 11.6 Å². The van der Waals surface area contributed by atoms with E-state index in [1.807, 2.05) is 61.5 Å². The van der Waals surface area contributed by atoms with Gasteiger partial charge in [-0.2, -0.15) is 0 Å². The summed E-state index contributed by atoms with van der Waals surface area (Å²) in [6.45, 7) is 2.36. The Balaban J connectivity index is 1.33. The molecule has 0 bridgehead atoms. The maximum Gasteiger partial charge on any atom is 0.231 e. The zero-order valence-electron chi connectivity index (χ0n) is 17.8. The van der Waals surface area contributed by atoms with Gasteiger partial charge in [-0.05, 0) is 60.5 Å². The Hall–Kier alpha value is -3.99. The third-order valence-electron chi connectivity index (χ3n) is 5.52. The molecule has 5 nitrogen and oxygen atoms in total. The van der Waals surface area contributed by atoms with Crippen LogP contribution in [0.4, 0.5) is 0 Å². The second-order valence-electron chi connectivity index (χ2n) is 7.68. The molecule has 0 spiro atoms. The lowest BCUT2D eigenvalue weighted by Crippen LogP contribution is -2.18. The zero-order valence-corrected chi connectivity index (χ0v) is 17.8. The van der Waals surface area contributed by atoms with Crippen molar-refractivity contribution in [3.8, 4) is 23.0 Å². The van der Waals surface area contributed by atoms with E-state index >= 15 is 0 Å². The van der Waals surface area contributed by atoms with Crippen molar-refractivity contribution in [1.29, 1.82) is 0 Å². The molecule has 1 unspecified atom stereocenters. The van der Waals surface area contributed by atoms with Gasteiger partial charge in [-0.25, -0.2) is 0 Å². The number of rotatable bonds is 5. The first kappa shape index (κ1) is 19.9. The van der Waals surface area contributed by atoms with Crippen LogP contribution < -0.4 is 18.9 Å². The van der Waals surface area contributed by atoms with Gasteiger partial charge in [-0.15, -0.1) is 0 Å². The Bertz CT molecular complexity index is 1240. The third kappa shape index (κ3) is 3.85. The predicted octanol–water partition coefficient (Wildman–Crippen LogP) is 5.60. The number of fused-ring (bicyclic) bond motifs is 2. The number of ketones is 1. The topological polar surface area (TPSA) is 54.0 Å². The van der Waals surface area contributed by atoms with E-state index < -0.39 is 0 Å². The number of benzene rings is 3. The Labute approximate surface area is 186 Å². The van der Waals surface area contributed by atoms with Crippen LogP contribution in [0.1, 0.15) is 28.4 Å². The first-order chi connectivity index (χ1) is 15.6. The van der Waals surface area contributed by atoms with Gasteiger partial charge in [-0.3, -0.25) is 4.79 Å². The zero-order chi connectivity index (χ0) is 22.1. The van der Waals surface area contributed by atoms with Gasteiger partial charge in [0.25, 0.3) is 0 Å². The standard InChI is InChI=1S/C27H22O5/c1-17-20(13-19-5-3-4-6-24(19)31-17)14-26-27(28)23-12-11-22(15-25(23)32-26)30-16-18-7-9-21(29-2)10-8-18/h3-15,17H,16H2,1-2H3/b26-14-. The summed E-state index contributed by atoms with van der Waals surface area (Å²) in [6, 6.07) is 20.8. The van der Waals surface area contributed by atoms with Crippen LogP contribution in [0.25, 0.3) is 6.08 Å². The van der Waals surface area contributed by atoms with E-state index in [2.05, 4.69) is 0 Å². The summed E-state index contributed by atoms with van der Waals surface area (Å²) in [5, 5.41) is 0. The summed E-state index contributed by atoms with van der Waals surface area (Å²) < 4.78 is 22.9. The molecule has 2 aliphatic heterocycles. The number of methoxy groups -OCH3 is 1. The number of carbonyl (C=O) groups is 1. The van der Waals surface area contributed by atoms with E-state index in [1.54, 1.807) is 31.4 Å². The summed E-state index contributed by atoms with van der Waals surface area (Å²) in [5.41, 5.74) is 3.41. The van der Waals surface area contributed by atoms with Gasteiger partial charge in [-0.1, -0.05) is 30.3 Å². The molecular formula is C27H22O5. The number of ether oxygens (including phenoxy) is 4. The second kappa shape index (κ2) is 8.27. The summed E-state index contributed by atoms with van der Waals surface area (Å²) in [5.74, 6) is 2.91. The van der Waals surface area contributed by atoms with E-state index in [9.17, 15) is 4.79 Å². The fourth-order valence-corrected chi connectivity index (χ4v) is 3.72. The molecule has 2 aliphatic rings. The van der Waals surface area contributed by atoms with Crippen LogP contribution in [-0.4, -0.2) is 19.0 Å². The van der Waals surface area contributed by atoms with Crippen molar-refractivity contribution < 1.29 is 23.7 Å². The average molecular weight is 426 g/mol. The molecule has 0 saturated carbocycles. The van der Waals surface area contributed by atoms with Crippen LogP contribution in [0, 0.1) is 0 Å². The molecule has 5 rings (SSSR count). The van der Waals surface area contributed by atoms with Gasteiger partial charge < -0.3 is 18.9 Å². The minimum absolute atomic E-state index is 0.145. The Morgan fingerprint density at radius 2 is 1.75 bits per heavy atom. The largest absolute Gasteiger partial charge is 0.497 e. The molecule has 0 N–H and O–H groups in total. The molecule has 0 aromatic heterocycles. The molecule has 0 saturated heterocycles. The van der Waals surface area contributed by atoms with E-state index in [0.717, 1.165) is 28.2 Å². The van der Waals surface area contributed by atoms with Gasteiger partial charge >= 0.3 is 0 Å². The van der Waals surface area contributed by atoms with E-state index in [1.165, 1.54) is 0 Å². The highest BCUT2D eigenvalue weighted by molar-refractivity contribution is 6.12. The highest BCUT2D eigenvalue weighted by Gasteiger charge is 2.29. The summed E-state index contributed by atoms with van der Waals surface area (Å²) in [4.78, 5) is 12.9. The number of para-hydroxylation sites is 1. The average Bonchev–Trinajstić information content (AvgIpc) is 3.13. The number of hydrogen-bond donors (Lipinski definition) is 0. The van der Waals surface area contributed by atoms with E-state index in [4.69, 9.17) is 18.9 Å². The third-order valence-corrected chi connectivity index (χ3v) is 5.52. The normalized spacial score (nSPS) is 17.7. The van der Waals surface area contributed by atoms with Gasteiger partial charge in [0.2, 0.25) is 5.78 Å². The van der Waals surface area contributed by atoms with Gasteiger partial charge in [0.15, 0.2) is 5.76 Å². The molecule has 32 heavy (non-hydrogen) atoms. The molecule has 0 fully saturated rings. The minimum Gasteiger partial charge on any atom is -0.497 e. The molecule has 160 valence electrons. The van der Waals surface area contributed by atoms with Crippen molar-refractivity contribution in [2.24, 2.45) is 0 Å². The predicted molar refractivity (Wildman–Crippen MR) is 121 cm³/mol. The SMILES string of the molecule is COc1ccc(COc2ccc3c(c2)O/C(=C\C2=Cc4ccccc4OC2C)C3=O)cc1. The van der Waals surface area contributed by atoms with Crippen LogP contribution in [0.2, 0.25) is 0 Å². The number of Topliss-reactive ketones (excluding diaryl/α,β-unsaturated/α-hetero) is 1. The molecule has 0 aliphatic carbocycles. The number of hydrogen-bond acceptors (Lipinski definition) is 5. The molecule has 0 amide bonds. The second-order valence-corrected chi connectivity index (χ2v) is 7.68. The van der Waals surface area contributed by atoms with E-state index in [-0.39, 0.29) is 17.6 Å². The summed E-state index contributed by atoms with van der Waals surface area (Å²) in [7, 11) is 1.64. The monoisotopic (exact) mass is 426 g/mol. The van der Waals surface area contributed by atoms with Crippen molar-refractivity contribution in [3.63, 3.8) is 0 Å². The van der Waals surface area contributed by atoms with Gasteiger partial charge in [0.05, 0.1) is 12.7 Å². The highest BCUT2D eigenvalue weighted by atomic mass is 16.5. The van der Waals surface area contributed by atoms with Crippen LogP contribution in [-0.2, 0) is 6.61 Å². The first-order valence-corrected chi connectivity index (χ1v) is 10.4. The lowest BCUT2D eigenvalue weighted by atomic mass is 10.0. The van der Waals surface area contributed by atoms with Crippen LogP contribution in [0.15, 0.2) is 84.1 Å². The van der Waals surface area contributed by atoms with Crippen molar-refractivity contribution in [2.45, 2.75) is 19.6 Å². The fourth-order valence-electron chi connectivity index (χ4n) is 3.72. The van der Waals surface area contributed by atoms with Crippen molar-refractivity contribution in [1.82, 2.24) is 0 Å². The lowest BCUT2D eigenvalue weighted by Gasteiger charge is -2.22. The first-order valence-electron chi connectivity index (χ1n) is 10.4. The van der Waals surface area contributed by atoms with Gasteiger partial charge in [0.1, 0.15) is 35.7 Å². The number of carbonyl (C=O) groups excluding carboxylic acids is 1. The van der Waals surface area contributed by atoms with Crippen molar-refractivity contribution >= 4 is 11.9 Å². The summed E-state index contributed by atoms with van der Waals surface area (Å²) >= 11 is 0. The van der Waals surface area contributed by atoms with Crippen LogP contribution in [0.5, 0.6) is 23.0 Å². The molecule has 3 aromatic rings. The molecule has 5 heteroatoms. The molecular weight excluding hydrogens is 404 g/mol. The number of allylic oxidation sites excluding steroid dienone is 1. The maximum atomic E-state index is 12.9. The smallest absolute Gasteiger partial charge is 0.231 e. The van der Waals surface area contributed by atoms with Crippen molar-refractivity contribution in [2.75, 3.05) is 7.11 Å². The maximum absolute atomic E-state index is 12.9. The van der Waals surface area contributed by atoms with Crippen LogP contribution in [0.3, 0.4) is 0 Å². The Morgan fingerprint density at radius 3 is 2.56 bits per heavy atom. The highest BCUT2D eigenvalue weighted by Crippen LogP contribution is 2.36. The lowest BCUT2D eigenvalue weighted by molar-refractivity contribution is 0.101. The van der Waals surface area contributed by atoms with E-state index in [0.29, 0.717) is 23.7 Å². The van der Waals surface area contributed by atoms with Crippen molar-refractivity contribution in [3.05, 3.63) is 101 Å². The molecule has 3 aromatic carbocycles. The molecule has 1 atom stereocenters. The Kier molecular flexibility index (Phi) is 5.15. The Morgan fingerprint density at radius 1 is 0.969 bits per heavy atom. The fraction of sp³-hybridized carbons (Fsp3) is 0.148. The van der Waals surface area contributed by atoms with Crippen LogP contribution >= 0.6 is 0 Å².